The molecular formula is C13H19N3O4. The van der Waals surface area contributed by atoms with Crippen LogP contribution in [0.25, 0.3) is 0 Å². The molecule has 1 saturated heterocycles. The van der Waals surface area contributed by atoms with E-state index in [-0.39, 0.29) is 11.6 Å². The summed E-state index contributed by atoms with van der Waals surface area (Å²) < 4.78 is 10.4. The number of hydrogen-bond donors (Lipinski definition) is 1. The summed E-state index contributed by atoms with van der Waals surface area (Å²) in [6.45, 7) is 2.48. The molecule has 1 aromatic heterocycles. The van der Waals surface area contributed by atoms with Crippen LogP contribution >= 0.6 is 0 Å². The maximum absolute atomic E-state index is 10.9. The fourth-order valence-electron chi connectivity index (χ4n) is 2.27. The van der Waals surface area contributed by atoms with Crippen LogP contribution in [0.4, 0.5) is 5.69 Å². The molecule has 1 aliphatic heterocycles. The minimum atomic E-state index is -0.496. The molecule has 0 saturated carbocycles. The lowest BCUT2D eigenvalue weighted by atomic mass is 9.97. The van der Waals surface area contributed by atoms with Crippen LogP contribution in [0.5, 0.6) is 11.8 Å². The molecule has 7 heteroatoms. The van der Waals surface area contributed by atoms with Crippen LogP contribution in [0.3, 0.4) is 0 Å². The summed E-state index contributed by atoms with van der Waals surface area (Å²) in [4.78, 5) is 14.4. The van der Waals surface area contributed by atoms with Gasteiger partial charge in [-0.05, 0) is 38.3 Å². The molecule has 0 spiro atoms. The molecule has 0 radical (unpaired) electrons. The molecule has 0 aliphatic carbocycles. The lowest BCUT2D eigenvalue weighted by Gasteiger charge is -2.22. The topological polar surface area (TPSA) is 86.5 Å². The number of methoxy groups -OCH3 is 1. The highest BCUT2D eigenvalue weighted by molar-refractivity contribution is 5.42. The minimum Gasteiger partial charge on any atom is -0.481 e. The molecule has 1 atom stereocenters. The van der Waals surface area contributed by atoms with E-state index in [4.69, 9.17) is 9.47 Å². The number of rotatable bonds is 6. The zero-order valence-corrected chi connectivity index (χ0v) is 11.5. The van der Waals surface area contributed by atoms with E-state index in [1.165, 1.54) is 32.1 Å². The predicted octanol–water partition coefficient (Wildman–Crippen LogP) is 1.77. The molecule has 20 heavy (non-hydrogen) atoms. The van der Waals surface area contributed by atoms with Gasteiger partial charge in [0.15, 0.2) is 0 Å². The van der Waals surface area contributed by atoms with Gasteiger partial charge in [-0.15, -0.1) is 0 Å². The lowest BCUT2D eigenvalue weighted by molar-refractivity contribution is -0.386. The van der Waals surface area contributed by atoms with E-state index in [0.29, 0.717) is 18.4 Å². The molecule has 1 fully saturated rings. The Bertz CT molecular complexity index is 461. The SMILES string of the molecule is COc1ccc([N+](=O)[O-])c(OCCC2CCCNC2)n1. The summed E-state index contributed by atoms with van der Waals surface area (Å²) in [6.07, 6.45) is 3.20. The Morgan fingerprint density at radius 1 is 1.55 bits per heavy atom. The van der Waals surface area contributed by atoms with Gasteiger partial charge in [0, 0.05) is 12.1 Å². The van der Waals surface area contributed by atoms with E-state index in [1.54, 1.807) is 0 Å². The van der Waals surface area contributed by atoms with Crippen LogP contribution in [0.2, 0.25) is 0 Å². The Morgan fingerprint density at radius 3 is 3.05 bits per heavy atom. The second-order valence-corrected chi connectivity index (χ2v) is 4.78. The van der Waals surface area contributed by atoms with Gasteiger partial charge >= 0.3 is 5.69 Å². The van der Waals surface area contributed by atoms with Crippen molar-refractivity contribution in [2.75, 3.05) is 26.8 Å². The average molecular weight is 281 g/mol. The van der Waals surface area contributed by atoms with Gasteiger partial charge in [-0.1, -0.05) is 0 Å². The standard InChI is InChI=1S/C13H19N3O4/c1-19-12-5-4-11(16(17)18)13(15-12)20-8-6-10-3-2-7-14-9-10/h4-5,10,14H,2-3,6-9H2,1H3. The predicted molar refractivity (Wildman–Crippen MR) is 73.1 cm³/mol. The van der Waals surface area contributed by atoms with E-state index < -0.39 is 4.92 Å². The number of piperidine rings is 1. The summed E-state index contributed by atoms with van der Waals surface area (Å²) in [5.74, 6) is 0.900. The zero-order valence-electron chi connectivity index (χ0n) is 11.5. The normalized spacial score (nSPS) is 18.6. The van der Waals surface area contributed by atoms with Crippen LogP contribution in [-0.2, 0) is 0 Å². The maximum atomic E-state index is 10.9. The van der Waals surface area contributed by atoms with Gasteiger partial charge in [0.2, 0.25) is 5.88 Å². The first-order chi connectivity index (χ1) is 9.70. The van der Waals surface area contributed by atoms with Gasteiger partial charge in [0.25, 0.3) is 5.88 Å². The Morgan fingerprint density at radius 2 is 2.40 bits per heavy atom. The summed E-state index contributed by atoms with van der Waals surface area (Å²) in [5.41, 5.74) is -0.132. The fourth-order valence-corrected chi connectivity index (χ4v) is 2.27. The molecule has 1 unspecified atom stereocenters. The summed E-state index contributed by atoms with van der Waals surface area (Å²) >= 11 is 0. The molecule has 2 rings (SSSR count). The summed E-state index contributed by atoms with van der Waals surface area (Å²) in [5, 5.41) is 14.3. The van der Waals surface area contributed by atoms with Gasteiger partial charge < -0.3 is 14.8 Å². The molecule has 0 aromatic carbocycles. The number of ether oxygens (including phenoxy) is 2. The van der Waals surface area contributed by atoms with Crippen molar-refractivity contribution in [2.24, 2.45) is 5.92 Å². The molecule has 7 nitrogen and oxygen atoms in total. The van der Waals surface area contributed by atoms with Gasteiger partial charge in [0.1, 0.15) is 0 Å². The Kier molecular flexibility index (Phi) is 5.11. The molecule has 1 aromatic rings. The zero-order chi connectivity index (χ0) is 14.4. The third kappa shape index (κ3) is 3.80. The third-order valence-corrected chi connectivity index (χ3v) is 3.38. The number of nitrogens with one attached hydrogen (secondary N) is 1. The number of nitro groups is 1. The monoisotopic (exact) mass is 281 g/mol. The highest BCUT2D eigenvalue weighted by Gasteiger charge is 2.19. The second-order valence-electron chi connectivity index (χ2n) is 4.78. The van der Waals surface area contributed by atoms with Crippen molar-refractivity contribution in [3.8, 4) is 11.8 Å². The third-order valence-electron chi connectivity index (χ3n) is 3.38. The van der Waals surface area contributed by atoms with Crippen LogP contribution in [0.1, 0.15) is 19.3 Å². The molecule has 0 bridgehead atoms. The van der Waals surface area contributed by atoms with Crippen LogP contribution in [0, 0.1) is 16.0 Å². The van der Waals surface area contributed by atoms with Crippen LogP contribution in [-0.4, -0.2) is 36.7 Å². The van der Waals surface area contributed by atoms with Crippen LogP contribution < -0.4 is 14.8 Å². The van der Waals surface area contributed by atoms with E-state index >= 15 is 0 Å². The van der Waals surface area contributed by atoms with Crippen molar-refractivity contribution in [3.05, 3.63) is 22.2 Å². The Labute approximate surface area is 117 Å². The van der Waals surface area contributed by atoms with Crippen molar-refractivity contribution in [1.29, 1.82) is 0 Å². The first kappa shape index (κ1) is 14.5. The van der Waals surface area contributed by atoms with E-state index in [9.17, 15) is 10.1 Å². The van der Waals surface area contributed by atoms with Gasteiger partial charge in [-0.2, -0.15) is 4.98 Å². The highest BCUT2D eigenvalue weighted by Crippen LogP contribution is 2.27. The average Bonchev–Trinajstić information content (AvgIpc) is 2.48. The molecule has 110 valence electrons. The minimum absolute atomic E-state index is 0.0260. The molecular weight excluding hydrogens is 262 g/mol. The summed E-state index contributed by atoms with van der Waals surface area (Å²) in [7, 11) is 1.46. The van der Waals surface area contributed by atoms with Crippen molar-refractivity contribution in [1.82, 2.24) is 10.3 Å². The Hall–Kier alpha value is -1.89. The largest absolute Gasteiger partial charge is 0.481 e. The highest BCUT2D eigenvalue weighted by atomic mass is 16.6. The number of pyridine rings is 1. The number of nitrogens with zero attached hydrogens (tertiary/aromatic N) is 2. The molecule has 2 heterocycles. The van der Waals surface area contributed by atoms with E-state index in [0.717, 1.165) is 19.5 Å². The lowest BCUT2D eigenvalue weighted by Crippen LogP contribution is -2.30. The van der Waals surface area contributed by atoms with Crippen LogP contribution in [0.15, 0.2) is 12.1 Å². The summed E-state index contributed by atoms with van der Waals surface area (Å²) in [6, 6.07) is 2.80. The first-order valence-electron chi connectivity index (χ1n) is 6.73. The number of hydrogen-bond acceptors (Lipinski definition) is 6. The molecule has 1 aliphatic rings. The second kappa shape index (κ2) is 7.04. The Balaban J connectivity index is 1.94. The molecule has 1 N–H and O–H groups in total. The van der Waals surface area contributed by atoms with Crippen molar-refractivity contribution >= 4 is 5.69 Å². The first-order valence-corrected chi connectivity index (χ1v) is 6.73. The van der Waals surface area contributed by atoms with E-state index in [1.807, 2.05) is 0 Å². The molecule has 0 amide bonds. The smallest absolute Gasteiger partial charge is 0.331 e. The number of aromatic nitrogens is 1. The maximum Gasteiger partial charge on any atom is 0.331 e. The fraction of sp³-hybridized carbons (Fsp3) is 0.615. The van der Waals surface area contributed by atoms with Gasteiger partial charge in [-0.3, -0.25) is 10.1 Å². The van der Waals surface area contributed by atoms with Crippen molar-refractivity contribution in [2.45, 2.75) is 19.3 Å². The quantitative estimate of drug-likeness (QED) is 0.631. The van der Waals surface area contributed by atoms with E-state index in [2.05, 4.69) is 10.3 Å². The van der Waals surface area contributed by atoms with Crippen molar-refractivity contribution < 1.29 is 14.4 Å². The van der Waals surface area contributed by atoms with Gasteiger partial charge in [-0.25, -0.2) is 0 Å². The van der Waals surface area contributed by atoms with Gasteiger partial charge in [0.05, 0.1) is 18.6 Å². The van der Waals surface area contributed by atoms with Crippen molar-refractivity contribution in [3.63, 3.8) is 0 Å².